The van der Waals surface area contributed by atoms with Gasteiger partial charge in [0.15, 0.2) is 0 Å². The van der Waals surface area contributed by atoms with Crippen molar-refractivity contribution in [2.45, 2.75) is 0 Å². The maximum absolute atomic E-state index is 13.4. The Balaban J connectivity index is 2.53. The summed E-state index contributed by atoms with van der Waals surface area (Å²) in [5.41, 5.74) is 0.656. The van der Waals surface area contributed by atoms with Crippen LogP contribution in [0.1, 0.15) is 0 Å². The van der Waals surface area contributed by atoms with Crippen LogP contribution in [0.25, 0.3) is 11.1 Å². The van der Waals surface area contributed by atoms with Crippen molar-refractivity contribution >= 4 is 5.69 Å². The molecule has 0 spiro atoms. The molecule has 0 aliphatic rings. The highest BCUT2D eigenvalue weighted by Crippen LogP contribution is 2.25. The van der Waals surface area contributed by atoms with Crippen LogP contribution in [0.2, 0.25) is 0 Å². The zero-order valence-electron chi connectivity index (χ0n) is 8.18. The van der Waals surface area contributed by atoms with E-state index in [4.69, 9.17) is 0 Å². The molecule has 3 nitrogen and oxygen atoms in total. The Morgan fingerprint density at radius 2 is 2.00 bits per heavy atom. The van der Waals surface area contributed by atoms with E-state index in [2.05, 4.69) is 6.07 Å². The number of halogens is 1. The van der Waals surface area contributed by atoms with Crippen LogP contribution in [0.5, 0.6) is 0 Å². The van der Waals surface area contributed by atoms with Crippen LogP contribution in [-0.2, 0) is 0 Å². The highest BCUT2D eigenvalue weighted by Gasteiger charge is 2.09. The zero-order valence-corrected chi connectivity index (χ0v) is 8.18. The summed E-state index contributed by atoms with van der Waals surface area (Å²) < 4.78 is 13.4. The summed E-state index contributed by atoms with van der Waals surface area (Å²) in [5, 5.41) is 10.5. The van der Waals surface area contributed by atoms with Gasteiger partial charge in [0.05, 0.1) is 11.0 Å². The summed E-state index contributed by atoms with van der Waals surface area (Å²) in [6.07, 6.45) is 0. The molecule has 0 N–H and O–H groups in total. The van der Waals surface area contributed by atoms with Gasteiger partial charge in [0.25, 0.3) is 5.69 Å². The molecule has 0 aliphatic carbocycles. The minimum absolute atomic E-state index is 0.166. The molecule has 79 valence electrons. The molecule has 2 aromatic rings. The number of nitrogens with zero attached hydrogens (tertiary/aromatic N) is 1. The third-order valence-electron chi connectivity index (χ3n) is 2.17. The van der Waals surface area contributed by atoms with E-state index in [9.17, 15) is 14.5 Å². The lowest BCUT2D eigenvalue weighted by molar-refractivity contribution is -0.385. The van der Waals surface area contributed by atoms with Gasteiger partial charge in [0.1, 0.15) is 5.82 Å². The van der Waals surface area contributed by atoms with Crippen molar-refractivity contribution in [2.75, 3.05) is 0 Å². The average molecular weight is 216 g/mol. The fourth-order valence-electron chi connectivity index (χ4n) is 1.42. The van der Waals surface area contributed by atoms with Gasteiger partial charge in [-0.05, 0) is 17.7 Å². The predicted molar refractivity (Wildman–Crippen MR) is 57.3 cm³/mol. The van der Waals surface area contributed by atoms with Gasteiger partial charge in [-0.2, -0.15) is 0 Å². The van der Waals surface area contributed by atoms with Crippen LogP contribution in [0.3, 0.4) is 0 Å². The van der Waals surface area contributed by atoms with E-state index in [1.54, 1.807) is 24.3 Å². The Morgan fingerprint density at radius 1 is 1.25 bits per heavy atom. The first kappa shape index (κ1) is 10.3. The maximum atomic E-state index is 13.4. The Kier molecular flexibility index (Phi) is 2.64. The molecule has 0 unspecified atom stereocenters. The molecule has 4 heteroatoms. The first-order chi connectivity index (χ1) is 7.68. The largest absolute Gasteiger partial charge is 0.278 e. The summed E-state index contributed by atoms with van der Waals surface area (Å²) in [5.74, 6) is -0.400. The predicted octanol–water partition coefficient (Wildman–Crippen LogP) is 3.20. The van der Waals surface area contributed by atoms with Crippen LogP contribution >= 0.6 is 0 Å². The molecule has 0 aromatic heterocycles. The van der Waals surface area contributed by atoms with Crippen LogP contribution in [0.15, 0.2) is 42.5 Å². The molecule has 0 saturated heterocycles. The first-order valence-corrected chi connectivity index (χ1v) is 4.59. The Hall–Kier alpha value is -2.23. The summed E-state index contributed by atoms with van der Waals surface area (Å²) in [6.45, 7) is 0. The van der Waals surface area contributed by atoms with Crippen molar-refractivity contribution in [3.05, 3.63) is 64.5 Å². The number of rotatable bonds is 2. The Morgan fingerprint density at radius 3 is 2.69 bits per heavy atom. The fraction of sp³-hybridized carbons (Fsp3) is 0. The zero-order chi connectivity index (χ0) is 11.5. The highest BCUT2D eigenvalue weighted by molar-refractivity contribution is 5.66. The molecule has 2 aromatic carbocycles. The second kappa shape index (κ2) is 4.10. The molecule has 0 amide bonds. The standard InChI is InChI=1S/C12H7FNO2/c13-12-7-2-1-6-11(12)9-4-3-5-10(8-9)14(15)16/h1-4,6-8H. The van der Waals surface area contributed by atoms with Crippen molar-refractivity contribution in [1.29, 1.82) is 0 Å². The van der Waals surface area contributed by atoms with Gasteiger partial charge in [-0.3, -0.25) is 10.1 Å². The smallest absolute Gasteiger partial charge is 0.258 e. The molecule has 16 heavy (non-hydrogen) atoms. The maximum Gasteiger partial charge on any atom is 0.278 e. The molecule has 0 heterocycles. The van der Waals surface area contributed by atoms with Gasteiger partial charge >= 0.3 is 0 Å². The normalized spacial score (nSPS) is 10.1. The number of hydrogen-bond acceptors (Lipinski definition) is 2. The monoisotopic (exact) mass is 216 g/mol. The van der Waals surface area contributed by atoms with E-state index < -0.39 is 10.7 Å². The summed E-state index contributed by atoms with van der Waals surface area (Å²) in [4.78, 5) is 10.00. The second-order valence-electron chi connectivity index (χ2n) is 3.20. The molecule has 0 atom stereocenters. The molecule has 2 rings (SSSR count). The fourth-order valence-corrected chi connectivity index (χ4v) is 1.42. The number of non-ortho nitro benzene ring substituents is 1. The quantitative estimate of drug-likeness (QED) is 0.571. The van der Waals surface area contributed by atoms with Gasteiger partial charge in [-0.15, -0.1) is 0 Å². The van der Waals surface area contributed by atoms with Gasteiger partial charge in [0, 0.05) is 11.6 Å². The molecule has 0 bridgehead atoms. The molecule has 1 radical (unpaired) electrons. The number of hydrogen-bond donors (Lipinski definition) is 0. The van der Waals surface area contributed by atoms with Crippen molar-refractivity contribution in [3.8, 4) is 11.1 Å². The summed E-state index contributed by atoms with van der Waals surface area (Å²) in [6, 6.07) is 12.9. The molecular formula is C12H7FNO2. The van der Waals surface area contributed by atoms with Crippen molar-refractivity contribution in [2.24, 2.45) is 0 Å². The van der Waals surface area contributed by atoms with E-state index >= 15 is 0 Å². The van der Waals surface area contributed by atoms with Gasteiger partial charge in [0.2, 0.25) is 0 Å². The minimum atomic E-state index is -0.551. The second-order valence-corrected chi connectivity index (χ2v) is 3.20. The molecule has 0 saturated carbocycles. The van der Waals surface area contributed by atoms with Gasteiger partial charge in [-0.25, -0.2) is 4.39 Å². The van der Waals surface area contributed by atoms with E-state index in [-0.39, 0.29) is 5.69 Å². The van der Waals surface area contributed by atoms with E-state index in [1.165, 1.54) is 18.2 Å². The lowest BCUT2D eigenvalue weighted by atomic mass is 10.0. The highest BCUT2D eigenvalue weighted by atomic mass is 19.1. The van der Waals surface area contributed by atoms with Crippen LogP contribution < -0.4 is 0 Å². The molecular weight excluding hydrogens is 209 g/mol. The molecule has 0 fully saturated rings. The average Bonchev–Trinajstić information content (AvgIpc) is 2.30. The first-order valence-electron chi connectivity index (χ1n) is 4.59. The SMILES string of the molecule is O=[N+]([O-])c1[c]ccc(-c2ccccc2F)c1. The van der Waals surface area contributed by atoms with Crippen LogP contribution in [-0.4, -0.2) is 4.92 Å². The van der Waals surface area contributed by atoms with Crippen LogP contribution in [0, 0.1) is 22.0 Å². The topological polar surface area (TPSA) is 43.1 Å². The lowest BCUT2D eigenvalue weighted by Gasteiger charge is -2.02. The number of benzene rings is 2. The van der Waals surface area contributed by atoms with Crippen LogP contribution in [0.4, 0.5) is 10.1 Å². The van der Waals surface area contributed by atoms with Gasteiger partial charge in [-0.1, -0.05) is 24.3 Å². The Labute approximate surface area is 91.3 Å². The van der Waals surface area contributed by atoms with E-state index in [0.29, 0.717) is 11.1 Å². The Bertz CT molecular complexity index is 540. The summed E-state index contributed by atoms with van der Waals surface area (Å²) >= 11 is 0. The lowest BCUT2D eigenvalue weighted by Crippen LogP contribution is -1.89. The van der Waals surface area contributed by atoms with Crippen molar-refractivity contribution in [1.82, 2.24) is 0 Å². The molecule has 0 aliphatic heterocycles. The summed E-state index contributed by atoms with van der Waals surface area (Å²) in [7, 11) is 0. The third-order valence-corrected chi connectivity index (χ3v) is 2.17. The van der Waals surface area contributed by atoms with Crippen molar-refractivity contribution < 1.29 is 9.31 Å². The van der Waals surface area contributed by atoms with Crippen molar-refractivity contribution in [3.63, 3.8) is 0 Å². The third kappa shape index (κ3) is 1.91. The number of nitro benzene ring substituents is 1. The van der Waals surface area contributed by atoms with E-state index in [1.807, 2.05) is 0 Å². The minimum Gasteiger partial charge on any atom is -0.258 e. The number of nitro groups is 1. The van der Waals surface area contributed by atoms with E-state index in [0.717, 1.165) is 0 Å². The van der Waals surface area contributed by atoms with Gasteiger partial charge < -0.3 is 0 Å².